The number of hydrogen-bond donors (Lipinski definition) is 3. The number of benzene rings is 2. The first-order valence-corrected chi connectivity index (χ1v) is 10.6. The van der Waals surface area contributed by atoms with Crippen LogP contribution in [-0.2, 0) is 6.42 Å². The molecular weight excluding hydrogens is 412 g/mol. The fourth-order valence-corrected chi connectivity index (χ4v) is 5.59. The topological polar surface area (TPSA) is 113 Å². The van der Waals surface area contributed by atoms with E-state index in [0.717, 1.165) is 12.5 Å². The van der Waals surface area contributed by atoms with Crippen molar-refractivity contribution in [3.8, 4) is 23.0 Å². The Labute approximate surface area is 182 Å². The molecule has 3 N–H and O–H groups in total. The van der Waals surface area contributed by atoms with Gasteiger partial charge in [0.05, 0.1) is 5.39 Å². The summed E-state index contributed by atoms with van der Waals surface area (Å²) in [5.74, 6) is -0.507. The molecule has 7 nitrogen and oxygen atoms in total. The van der Waals surface area contributed by atoms with Gasteiger partial charge in [-0.25, -0.2) is 0 Å². The van der Waals surface area contributed by atoms with Gasteiger partial charge in [-0.05, 0) is 31.3 Å². The lowest BCUT2D eigenvalue weighted by molar-refractivity contribution is -0.0181. The first kappa shape index (κ1) is 19.1. The molecule has 2 atom stereocenters. The summed E-state index contributed by atoms with van der Waals surface area (Å²) in [5, 5.41) is 31.5. The van der Waals surface area contributed by atoms with Gasteiger partial charge in [0.1, 0.15) is 33.7 Å². The van der Waals surface area contributed by atoms with Gasteiger partial charge < -0.3 is 28.9 Å². The van der Waals surface area contributed by atoms with Crippen molar-refractivity contribution in [3.05, 3.63) is 46.1 Å². The Morgan fingerprint density at radius 3 is 2.47 bits per heavy atom. The lowest BCUT2D eigenvalue weighted by atomic mass is 9.61. The molecule has 0 saturated heterocycles. The van der Waals surface area contributed by atoms with Crippen molar-refractivity contribution in [1.82, 2.24) is 0 Å². The van der Waals surface area contributed by atoms with Gasteiger partial charge in [0.2, 0.25) is 11.0 Å². The maximum absolute atomic E-state index is 13.0. The second-order valence-electron chi connectivity index (χ2n) is 9.74. The van der Waals surface area contributed by atoms with E-state index in [1.165, 1.54) is 12.1 Å². The van der Waals surface area contributed by atoms with Gasteiger partial charge in [0.25, 0.3) is 0 Å². The maximum Gasteiger partial charge on any atom is 0.224 e. The molecule has 0 saturated carbocycles. The van der Waals surface area contributed by atoms with Crippen LogP contribution in [0.4, 0.5) is 0 Å². The monoisotopic (exact) mass is 434 g/mol. The number of aromatic hydroxyl groups is 3. The van der Waals surface area contributed by atoms with Crippen LogP contribution in [0.3, 0.4) is 0 Å². The third kappa shape index (κ3) is 2.33. The number of rotatable bonds is 0. The minimum absolute atomic E-state index is 0.0212. The maximum atomic E-state index is 13.0. The fourth-order valence-electron chi connectivity index (χ4n) is 5.59. The zero-order valence-electron chi connectivity index (χ0n) is 17.9. The van der Waals surface area contributed by atoms with Gasteiger partial charge in [0, 0.05) is 29.7 Å². The molecule has 4 aromatic rings. The van der Waals surface area contributed by atoms with Gasteiger partial charge in [-0.3, -0.25) is 4.79 Å². The summed E-state index contributed by atoms with van der Waals surface area (Å²) >= 11 is 0. The predicted octanol–water partition coefficient (Wildman–Crippen LogP) is 5.11. The molecule has 6 rings (SSSR count). The summed E-state index contributed by atoms with van der Waals surface area (Å²) < 4.78 is 18.2. The highest BCUT2D eigenvalue weighted by atomic mass is 16.5. The molecule has 0 radical (unpaired) electrons. The van der Waals surface area contributed by atoms with Crippen molar-refractivity contribution >= 4 is 33.1 Å². The quantitative estimate of drug-likeness (QED) is 0.330. The van der Waals surface area contributed by atoms with E-state index in [1.807, 2.05) is 13.0 Å². The van der Waals surface area contributed by atoms with Crippen LogP contribution in [0.1, 0.15) is 32.8 Å². The molecule has 2 aromatic carbocycles. The predicted molar refractivity (Wildman–Crippen MR) is 119 cm³/mol. The van der Waals surface area contributed by atoms with Crippen molar-refractivity contribution in [2.24, 2.45) is 11.3 Å². The molecule has 1 aliphatic heterocycles. The largest absolute Gasteiger partial charge is 0.508 e. The minimum Gasteiger partial charge on any atom is -0.508 e. The minimum atomic E-state index is -0.606. The number of furan rings is 1. The van der Waals surface area contributed by atoms with Crippen LogP contribution in [0.25, 0.3) is 33.1 Å². The summed E-state index contributed by atoms with van der Waals surface area (Å²) in [6, 6.07) is 3.76. The van der Waals surface area contributed by atoms with Gasteiger partial charge in [-0.2, -0.15) is 0 Å². The van der Waals surface area contributed by atoms with E-state index in [0.29, 0.717) is 17.4 Å². The zero-order valence-corrected chi connectivity index (χ0v) is 17.9. The Morgan fingerprint density at radius 1 is 0.969 bits per heavy atom. The molecule has 2 aliphatic rings. The molecule has 32 heavy (non-hydrogen) atoms. The van der Waals surface area contributed by atoms with Crippen LogP contribution >= 0.6 is 0 Å². The number of ether oxygens (including phenoxy) is 1. The van der Waals surface area contributed by atoms with Gasteiger partial charge in [-0.15, -0.1) is 0 Å². The highest BCUT2D eigenvalue weighted by Crippen LogP contribution is 2.52. The molecule has 7 heteroatoms. The van der Waals surface area contributed by atoms with Crippen LogP contribution in [0.15, 0.2) is 44.0 Å². The van der Waals surface area contributed by atoms with E-state index in [-0.39, 0.29) is 67.5 Å². The Bertz CT molecular complexity index is 1550. The van der Waals surface area contributed by atoms with Gasteiger partial charge in [0.15, 0.2) is 17.1 Å². The molecule has 0 amide bonds. The average Bonchev–Trinajstić information content (AvgIpc) is 3.05. The standard InChI is InChI=1S/C25H22O7/c1-24(2)5-4-6-25(3)17(24)9-12-18-16(10-14(28)21(12)32-25)31-23-20(29)19-13(27)7-11(26)8-15(19)30-22(18)23/h4,6-8,10,17,26-27,29H,5,9H2,1-3H3/t17-,25+/m1/s1. The number of fused-ring (bicyclic) bond motifs is 7. The van der Waals surface area contributed by atoms with Crippen molar-refractivity contribution in [1.29, 1.82) is 0 Å². The molecule has 2 aromatic heterocycles. The van der Waals surface area contributed by atoms with Crippen LogP contribution < -0.4 is 10.2 Å². The Kier molecular flexibility index (Phi) is 3.46. The number of hydrogen-bond acceptors (Lipinski definition) is 7. The van der Waals surface area contributed by atoms with E-state index < -0.39 is 5.60 Å². The summed E-state index contributed by atoms with van der Waals surface area (Å²) in [5.41, 5.74) is 0.354. The molecule has 0 bridgehead atoms. The first-order valence-electron chi connectivity index (χ1n) is 10.6. The number of phenolic OH excluding ortho intramolecular Hbond substituents is 2. The van der Waals surface area contributed by atoms with E-state index in [1.54, 1.807) is 0 Å². The van der Waals surface area contributed by atoms with Gasteiger partial charge in [-0.1, -0.05) is 19.9 Å². The third-order valence-corrected chi connectivity index (χ3v) is 7.14. The molecule has 0 fully saturated rings. The molecule has 0 spiro atoms. The molecular formula is C25H22O7. The lowest BCUT2D eigenvalue weighted by Gasteiger charge is -2.50. The van der Waals surface area contributed by atoms with Gasteiger partial charge >= 0.3 is 0 Å². The fraction of sp³-hybridized carbons (Fsp3) is 0.320. The molecule has 0 unspecified atom stereocenters. The van der Waals surface area contributed by atoms with Crippen LogP contribution in [0.5, 0.6) is 23.0 Å². The van der Waals surface area contributed by atoms with Crippen molar-refractivity contribution in [3.63, 3.8) is 0 Å². The third-order valence-electron chi connectivity index (χ3n) is 7.14. The van der Waals surface area contributed by atoms with E-state index >= 15 is 0 Å². The number of allylic oxidation sites excluding steroid dienone is 1. The second-order valence-corrected chi connectivity index (χ2v) is 9.74. The Hall–Kier alpha value is -3.61. The average molecular weight is 434 g/mol. The summed E-state index contributed by atoms with van der Waals surface area (Å²) in [6.45, 7) is 6.38. The van der Waals surface area contributed by atoms with E-state index in [4.69, 9.17) is 13.6 Å². The Balaban J connectivity index is 1.72. The van der Waals surface area contributed by atoms with Crippen LogP contribution in [0.2, 0.25) is 0 Å². The molecule has 1 aliphatic carbocycles. The highest BCUT2D eigenvalue weighted by molar-refractivity contribution is 6.11. The SMILES string of the molecule is CC1(C)CC=C[C@]2(C)Oc3c(c4c(cc3=O)oc3c(O)c5c(O)cc(O)cc5oc34)C[C@H]12. The zero-order chi connectivity index (χ0) is 22.6. The molecule has 3 heterocycles. The second kappa shape index (κ2) is 5.79. The summed E-state index contributed by atoms with van der Waals surface area (Å²) in [7, 11) is 0. The van der Waals surface area contributed by atoms with Crippen LogP contribution in [0, 0.1) is 11.3 Å². The summed E-state index contributed by atoms with van der Waals surface area (Å²) in [6.07, 6.45) is 5.62. The van der Waals surface area contributed by atoms with E-state index in [9.17, 15) is 20.1 Å². The summed E-state index contributed by atoms with van der Waals surface area (Å²) in [4.78, 5) is 13.0. The smallest absolute Gasteiger partial charge is 0.224 e. The Morgan fingerprint density at radius 2 is 1.69 bits per heavy atom. The van der Waals surface area contributed by atoms with Crippen molar-refractivity contribution in [2.75, 3.05) is 0 Å². The molecule has 164 valence electrons. The normalized spacial score (nSPS) is 23.9. The van der Waals surface area contributed by atoms with E-state index in [2.05, 4.69) is 19.9 Å². The highest BCUT2D eigenvalue weighted by Gasteiger charge is 2.50. The number of phenols is 2. The van der Waals surface area contributed by atoms with Crippen molar-refractivity contribution < 1.29 is 28.9 Å². The van der Waals surface area contributed by atoms with Crippen LogP contribution in [-0.4, -0.2) is 20.9 Å². The first-order chi connectivity index (χ1) is 15.1. The lowest BCUT2D eigenvalue weighted by Crippen LogP contribution is -2.52. The van der Waals surface area contributed by atoms with Crippen molar-refractivity contribution in [2.45, 2.75) is 39.2 Å².